The summed E-state index contributed by atoms with van der Waals surface area (Å²) in [4.78, 5) is 22.4. The molecular weight excluding hydrogens is 272 g/mol. The van der Waals surface area contributed by atoms with E-state index in [0.717, 1.165) is 18.0 Å². The zero-order valence-electron chi connectivity index (χ0n) is 12.0. The number of benzene rings is 1. The Morgan fingerprint density at radius 2 is 2.29 bits per heavy atom. The number of rotatable bonds is 7. The Morgan fingerprint density at radius 1 is 1.48 bits per heavy atom. The second kappa shape index (κ2) is 7.08. The zero-order valence-corrected chi connectivity index (χ0v) is 12.0. The summed E-state index contributed by atoms with van der Waals surface area (Å²) in [5.41, 5.74) is 1.45. The van der Waals surface area contributed by atoms with Gasteiger partial charge in [-0.25, -0.2) is 0 Å². The Hall–Kier alpha value is -2.08. The smallest absolute Gasteiger partial charge is 0.303 e. The summed E-state index contributed by atoms with van der Waals surface area (Å²) in [6.45, 7) is 3.42. The van der Waals surface area contributed by atoms with Gasteiger partial charge < -0.3 is 20.5 Å². The summed E-state index contributed by atoms with van der Waals surface area (Å²) in [5.74, 6) is -0.0774. The third-order valence-electron chi connectivity index (χ3n) is 3.24. The van der Waals surface area contributed by atoms with Crippen molar-refractivity contribution in [3.8, 4) is 5.75 Å². The molecule has 1 aliphatic rings. The third-order valence-corrected chi connectivity index (χ3v) is 3.24. The molecule has 2 rings (SSSR count). The number of hydrogen-bond donors (Lipinski definition) is 3. The first-order valence-corrected chi connectivity index (χ1v) is 7.06. The minimum absolute atomic E-state index is 0.0199. The van der Waals surface area contributed by atoms with Crippen molar-refractivity contribution >= 4 is 17.4 Å². The lowest BCUT2D eigenvalue weighted by atomic mass is 10.1. The highest BCUT2D eigenvalue weighted by Gasteiger charge is 2.17. The van der Waals surface area contributed by atoms with Gasteiger partial charge in [-0.15, -0.1) is 0 Å². The van der Waals surface area contributed by atoms with Crippen molar-refractivity contribution in [2.75, 3.05) is 25.0 Å². The van der Waals surface area contributed by atoms with Crippen molar-refractivity contribution in [2.24, 2.45) is 0 Å². The van der Waals surface area contributed by atoms with Crippen LogP contribution in [0.25, 0.3) is 0 Å². The number of nitrogens with one attached hydrogen (secondary N) is 2. The molecule has 0 amide bonds. The van der Waals surface area contributed by atoms with Crippen LogP contribution in [0.3, 0.4) is 0 Å². The normalized spacial score (nSPS) is 16.5. The number of carbonyl (C=O) groups excluding carboxylic acids is 1. The standard InChI is InChI=1S/C15H20N2O4/c1-10-8-17-12-7-11(4-5-14(12)21-10)13(18)9-16-6-2-3-15(19)20/h4-5,7,10,16-17H,2-3,6,8-9H2,1H3,(H,19,20). The first-order valence-electron chi connectivity index (χ1n) is 7.06. The quantitative estimate of drug-likeness (QED) is 0.521. The van der Waals surface area contributed by atoms with E-state index in [9.17, 15) is 9.59 Å². The predicted octanol–water partition coefficient (Wildman–Crippen LogP) is 1.52. The number of ether oxygens (including phenoxy) is 1. The summed E-state index contributed by atoms with van der Waals surface area (Å²) in [6.07, 6.45) is 0.745. The number of carbonyl (C=O) groups is 2. The molecule has 6 heteroatoms. The van der Waals surface area contributed by atoms with E-state index < -0.39 is 5.97 Å². The van der Waals surface area contributed by atoms with Gasteiger partial charge in [-0.3, -0.25) is 9.59 Å². The van der Waals surface area contributed by atoms with Crippen LogP contribution < -0.4 is 15.4 Å². The summed E-state index contributed by atoms with van der Waals surface area (Å²) in [7, 11) is 0. The number of Topliss-reactive ketones (excluding diaryl/α,β-unsaturated/α-hetero) is 1. The lowest BCUT2D eigenvalue weighted by molar-refractivity contribution is -0.137. The molecule has 1 aromatic rings. The fourth-order valence-electron chi connectivity index (χ4n) is 2.13. The van der Waals surface area contributed by atoms with E-state index in [0.29, 0.717) is 18.5 Å². The number of fused-ring (bicyclic) bond motifs is 1. The number of carboxylic acid groups (broad SMARTS) is 1. The molecule has 0 aromatic heterocycles. The molecule has 0 saturated carbocycles. The van der Waals surface area contributed by atoms with Gasteiger partial charge in [0.2, 0.25) is 0 Å². The molecular formula is C15H20N2O4. The SMILES string of the molecule is CC1CNc2cc(C(=O)CNCCCC(=O)O)ccc2O1. The average molecular weight is 292 g/mol. The van der Waals surface area contributed by atoms with Crippen LogP contribution >= 0.6 is 0 Å². The van der Waals surface area contributed by atoms with Crippen molar-refractivity contribution in [1.82, 2.24) is 5.32 Å². The van der Waals surface area contributed by atoms with Gasteiger partial charge in [0.05, 0.1) is 18.8 Å². The fourth-order valence-corrected chi connectivity index (χ4v) is 2.13. The monoisotopic (exact) mass is 292 g/mol. The van der Waals surface area contributed by atoms with Crippen LogP contribution in [0.4, 0.5) is 5.69 Å². The Bertz CT molecular complexity index is 530. The van der Waals surface area contributed by atoms with Crippen LogP contribution in [0.5, 0.6) is 5.75 Å². The topological polar surface area (TPSA) is 87.7 Å². The van der Waals surface area contributed by atoms with Crippen LogP contribution in [0.15, 0.2) is 18.2 Å². The molecule has 6 nitrogen and oxygen atoms in total. The first-order chi connectivity index (χ1) is 10.1. The van der Waals surface area contributed by atoms with E-state index >= 15 is 0 Å². The van der Waals surface area contributed by atoms with Gasteiger partial charge in [0.25, 0.3) is 0 Å². The van der Waals surface area contributed by atoms with Crippen LogP contribution in [-0.4, -0.2) is 42.6 Å². The Labute approximate surface area is 123 Å². The highest BCUT2D eigenvalue weighted by molar-refractivity contribution is 5.98. The molecule has 21 heavy (non-hydrogen) atoms. The number of aliphatic carboxylic acids is 1. The number of hydrogen-bond acceptors (Lipinski definition) is 5. The molecule has 0 aliphatic carbocycles. The highest BCUT2D eigenvalue weighted by Crippen LogP contribution is 2.29. The summed E-state index contributed by atoms with van der Waals surface area (Å²) in [5, 5.41) is 14.7. The molecule has 1 aliphatic heterocycles. The van der Waals surface area contributed by atoms with E-state index in [1.165, 1.54) is 0 Å². The van der Waals surface area contributed by atoms with Gasteiger partial charge >= 0.3 is 5.97 Å². The van der Waals surface area contributed by atoms with E-state index in [1.54, 1.807) is 18.2 Å². The van der Waals surface area contributed by atoms with Crippen molar-refractivity contribution in [3.05, 3.63) is 23.8 Å². The molecule has 1 heterocycles. The van der Waals surface area contributed by atoms with Gasteiger partial charge in [0.1, 0.15) is 11.9 Å². The number of carboxylic acids is 1. The second-order valence-electron chi connectivity index (χ2n) is 5.12. The molecule has 1 atom stereocenters. The molecule has 0 saturated heterocycles. The Balaban J connectivity index is 1.84. The van der Waals surface area contributed by atoms with E-state index in [4.69, 9.17) is 9.84 Å². The number of anilines is 1. The average Bonchev–Trinajstić information content (AvgIpc) is 2.45. The summed E-state index contributed by atoms with van der Waals surface area (Å²) < 4.78 is 5.66. The largest absolute Gasteiger partial charge is 0.487 e. The maximum absolute atomic E-state index is 12.0. The molecule has 0 fully saturated rings. The third kappa shape index (κ3) is 4.46. The maximum atomic E-state index is 12.0. The molecule has 1 aromatic carbocycles. The zero-order chi connectivity index (χ0) is 15.2. The Kier molecular flexibility index (Phi) is 5.16. The molecule has 0 spiro atoms. The molecule has 3 N–H and O–H groups in total. The second-order valence-corrected chi connectivity index (χ2v) is 5.12. The van der Waals surface area contributed by atoms with Crippen LogP contribution in [-0.2, 0) is 4.79 Å². The molecule has 0 bridgehead atoms. The van der Waals surface area contributed by atoms with Gasteiger partial charge in [-0.2, -0.15) is 0 Å². The lowest BCUT2D eigenvalue weighted by Gasteiger charge is -2.25. The van der Waals surface area contributed by atoms with E-state index in [-0.39, 0.29) is 24.9 Å². The van der Waals surface area contributed by atoms with Gasteiger partial charge in [-0.05, 0) is 38.1 Å². The van der Waals surface area contributed by atoms with Crippen molar-refractivity contribution in [3.63, 3.8) is 0 Å². The van der Waals surface area contributed by atoms with Crippen molar-refractivity contribution in [1.29, 1.82) is 0 Å². The Morgan fingerprint density at radius 3 is 3.05 bits per heavy atom. The van der Waals surface area contributed by atoms with E-state index in [2.05, 4.69) is 10.6 Å². The van der Waals surface area contributed by atoms with Gasteiger partial charge in [0.15, 0.2) is 5.78 Å². The maximum Gasteiger partial charge on any atom is 0.303 e. The molecule has 114 valence electrons. The van der Waals surface area contributed by atoms with Crippen LogP contribution in [0.2, 0.25) is 0 Å². The van der Waals surface area contributed by atoms with Gasteiger partial charge in [0, 0.05) is 12.0 Å². The highest BCUT2D eigenvalue weighted by atomic mass is 16.5. The summed E-state index contributed by atoms with van der Waals surface area (Å²) >= 11 is 0. The molecule has 1 unspecified atom stereocenters. The first kappa shape index (κ1) is 15.3. The minimum atomic E-state index is -0.821. The van der Waals surface area contributed by atoms with E-state index in [1.807, 2.05) is 6.92 Å². The van der Waals surface area contributed by atoms with Crippen LogP contribution in [0, 0.1) is 0 Å². The fraction of sp³-hybridized carbons (Fsp3) is 0.467. The van der Waals surface area contributed by atoms with Crippen LogP contribution in [0.1, 0.15) is 30.1 Å². The van der Waals surface area contributed by atoms with Crippen molar-refractivity contribution < 1.29 is 19.4 Å². The number of ketones is 1. The minimum Gasteiger partial charge on any atom is -0.487 e. The van der Waals surface area contributed by atoms with Gasteiger partial charge in [-0.1, -0.05) is 0 Å². The van der Waals surface area contributed by atoms with Crippen molar-refractivity contribution in [2.45, 2.75) is 25.9 Å². The predicted molar refractivity (Wildman–Crippen MR) is 79.1 cm³/mol. The lowest BCUT2D eigenvalue weighted by Crippen LogP contribution is -2.28. The molecule has 0 radical (unpaired) electrons. The summed E-state index contributed by atoms with van der Waals surface area (Å²) in [6, 6.07) is 5.35.